The first-order valence-corrected chi connectivity index (χ1v) is 9.09. The number of nitrogens with zero attached hydrogens (tertiary/aromatic N) is 2. The molecule has 3 nitrogen and oxygen atoms in total. The summed E-state index contributed by atoms with van der Waals surface area (Å²) in [6.45, 7) is 0. The van der Waals surface area contributed by atoms with E-state index < -0.39 is 11.7 Å². The Morgan fingerprint density at radius 2 is 1.61 bits per heavy atom. The van der Waals surface area contributed by atoms with Crippen molar-refractivity contribution in [2.45, 2.75) is 6.18 Å². The van der Waals surface area contributed by atoms with Gasteiger partial charge < -0.3 is 0 Å². The molecule has 0 fully saturated rings. The van der Waals surface area contributed by atoms with Crippen molar-refractivity contribution < 1.29 is 18.0 Å². The summed E-state index contributed by atoms with van der Waals surface area (Å²) in [5, 5.41) is 0. The maximum Gasteiger partial charge on any atom is 0.416 e. The number of amides is 1. The van der Waals surface area contributed by atoms with Crippen LogP contribution >= 0.6 is 15.9 Å². The van der Waals surface area contributed by atoms with Gasteiger partial charge in [0.2, 0.25) is 0 Å². The predicted octanol–water partition coefficient (Wildman–Crippen LogP) is 6.27. The molecule has 0 saturated carbocycles. The van der Waals surface area contributed by atoms with Gasteiger partial charge in [-0.1, -0.05) is 40.2 Å². The number of carbonyl (C=O) groups excluding carboxylic acids is 1. The maximum atomic E-state index is 13.1. The van der Waals surface area contributed by atoms with E-state index in [0.717, 1.165) is 16.6 Å². The van der Waals surface area contributed by atoms with Crippen LogP contribution in [0.3, 0.4) is 0 Å². The number of para-hydroxylation sites is 1. The molecule has 0 saturated heterocycles. The zero-order valence-corrected chi connectivity index (χ0v) is 15.8. The lowest BCUT2D eigenvalue weighted by Crippen LogP contribution is -2.25. The number of halogens is 4. The highest BCUT2D eigenvalue weighted by Crippen LogP contribution is 2.37. The van der Waals surface area contributed by atoms with Gasteiger partial charge in [0.1, 0.15) is 5.71 Å². The minimum atomic E-state index is -4.47. The molecule has 7 heteroatoms. The summed E-state index contributed by atoms with van der Waals surface area (Å²) < 4.78 is 39.8. The van der Waals surface area contributed by atoms with Gasteiger partial charge in [-0.3, -0.25) is 9.69 Å². The summed E-state index contributed by atoms with van der Waals surface area (Å²) in [7, 11) is 0. The number of hydrogen-bond donors (Lipinski definition) is 0. The molecule has 0 N–H and O–H groups in total. The van der Waals surface area contributed by atoms with Crippen LogP contribution < -0.4 is 4.90 Å². The zero-order chi connectivity index (χ0) is 19.9. The predicted molar refractivity (Wildman–Crippen MR) is 105 cm³/mol. The molecule has 0 spiro atoms. The van der Waals surface area contributed by atoms with Crippen molar-refractivity contribution in [3.63, 3.8) is 0 Å². The number of anilines is 2. The van der Waals surface area contributed by atoms with Crippen molar-refractivity contribution in [1.29, 1.82) is 0 Å². The SMILES string of the molecule is O=C1/C(=N\c2cccc(C(F)(F)F)c2)c2ccccc2N1c1ccc(Br)cc1. The number of aliphatic imine (C=N–C) groups is 1. The van der Waals surface area contributed by atoms with Gasteiger partial charge in [-0.25, -0.2) is 4.99 Å². The number of rotatable bonds is 2. The molecule has 0 unspecified atom stereocenters. The van der Waals surface area contributed by atoms with Crippen LogP contribution in [0.25, 0.3) is 0 Å². The third-order valence-corrected chi connectivity index (χ3v) is 4.83. The van der Waals surface area contributed by atoms with Gasteiger partial charge in [-0.15, -0.1) is 0 Å². The van der Waals surface area contributed by atoms with Crippen LogP contribution in [0.15, 0.2) is 82.3 Å². The summed E-state index contributed by atoms with van der Waals surface area (Å²) in [4.78, 5) is 18.9. The Hall–Kier alpha value is -2.93. The lowest BCUT2D eigenvalue weighted by Gasteiger charge is -2.16. The molecule has 140 valence electrons. The highest BCUT2D eigenvalue weighted by molar-refractivity contribution is 9.10. The van der Waals surface area contributed by atoms with Gasteiger partial charge in [-0.2, -0.15) is 13.2 Å². The first kappa shape index (κ1) is 18.4. The fourth-order valence-corrected chi connectivity index (χ4v) is 3.30. The molecular formula is C21H12BrF3N2O. The first-order chi connectivity index (χ1) is 13.3. The van der Waals surface area contributed by atoms with Crippen molar-refractivity contribution in [2.75, 3.05) is 4.90 Å². The molecule has 1 aliphatic heterocycles. The van der Waals surface area contributed by atoms with Crippen LogP contribution in [0.4, 0.5) is 30.2 Å². The molecule has 0 aromatic heterocycles. The molecule has 0 atom stereocenters. The van der Waals surface area contributed by atoms with E-state index in [1.165, 1.54) is 17.0 Å². The van der Waals surface area contributed by atoms with E-state index in [1.54, 1.807) is 36.4 Å². The van der Waals surface area contributed by atoms with Crippen molar-refractivity contribution in [3.8, 4) is 0 Å². The monoisotopic (exact) mass is 444 g/mol. The number of carbonyl (C=O) groups is 1. The number of benzene rings is 3. The summed E-state index contributed by atoms with van der Waals surface area (Å²) in [5.74, 6) is -0.388. The van der Waals surface area contributed by atoms with Crippen LogP contribution in [0.5, 0.6) is 0 Å². The normalized spacial score (nSPS) is 15.2. The van der Waals surface area contributed by atoms with Crippen LogP contribution in [0.2, 0.25) is 0 Å². The van der Waals surface area contributed by atoms with E-state index >= 15 is 0 Å². The molecule has 0 radical (unpaired) electrons. The van der Waals surface area contributed by atoms with Crippen LogP contribution in [-0.2, 0) is 11.0 Å². The average Bonchev–Trinajstić information content (AvgIpc) is 2.94. The second kappa shape index (κ2) is 6.91. The van der Waals surface area contributed by atoms with Gasteiger partial charge in [0.25, 0.3) is 5.91 Å². The third kappa shape index (κ3) is 3.33. The Kier molecular flexibility index (Phi) is 4.55. The highest BCUT2D eigenvalue weighted by Gasteiger charge is 2.35. The summed E-state index contributed by atoms with van der Waals surface area (Å²) >= 11 is 3.36. The van der Waals surface area contributed by atoms with E-state index in [9.17, 15) is 18.0 Å². The molecule has 1 heterocycles. The van der Waals surface area contributed by atoms with Gasteiger partial charge in [0.15, 0.2) is 0 Å². The zero-order valence-electron chi connectivity index (χ0n) is 14.2. The van der Waals surface area contributed by atoms with Gasteiger partial charge in [-0.05, 0) is 48.5 Å². The number of hydrogen-bond acceptors (Lipinski definition) is 2. The molecular weight excluding hydrogens is 433 g/mol. The Balaban J connectivity index is 1.82. The smallest absolute Gasteiger partial charge is 0.275 e. The third-order valence-electron chi connectivity index (χ3n) is 4.30. The van der Waals surface area contributed by atoms with E-state index in [4.69, 9.17) is 0 Å². The van der Waals surface area contributed by atoms with Crippen molar-refractivity contribution in [3.05, 3.63) is 88.4 Å². The molecule has 3 aromatic carbocycles. The number of alkyl halides is 3. The summed E-state index contributed by atoms with van der Waals surface area (Å²) in [6, 6.07) is 18.9. The average molecular weight is 445 g/mol. The van der Waals surface area contributed by atoms with E-state index in [-0.39, 0.29) is 17.3 Å². The van der Waals surface area contributed by atoms with Gasteiger partial charge in [0.05, 0.1) is 16.9 Å². The summed E-state index contributed by atoms with van der Waals surface area (Å²) in [6.07, 6.45) is -4.47. The van der Waals surface area contributed by atoms with E-state index in [1.807, 2.05) is 12.1 Å². The Labute approximate surface area is 167 Å². The molecule has 0 bridgehead atoms. The molecule has 3 aromatic rings. The number of fused-ring (bicyclic) bond motifs is 1. The lowest BCUT2D eigenvalue weighted by atomic mass is 10.1. The molecule has 4 rings (SSSR count). The minimum Gasteiger partial charge on any atom is -0.275 e. The fourth-order valence-electron chi connectivity index (χ4n) is 3.03. The topological polar surface area (TPSA) is 32.7 Å². The van der Waals surface area contributed by atoms with Crippen LogP contribution in [0, 0.1) is 0 Å². The second-order valence-electron chi connectivity index (χ2n) is 6.14. The fraction of sp³-hybridized carbons (Fsp3) is 0.0476. The first-order valence-electron chi connectivity index (χ1n) is 8.30. The Morgan fingerprint density at radius 3 is 2.32 bits per heavy atom. The van der Waals surface area contributed by atoms with Crippen LogP contribution in [-0.4, -0.2) is 11.6 Å². The van der Waals surface area contributed by atoms with E-state index in [2.05, 4.69) is 20.9 Å². The summed E-state index contributed by atoms with van der Waals surface area (Å²) in [5.41, 5.74) is 1.24. The quantitative estimate of drug-likeness (QED) is 0.458. The lowest BCUT2D eigenvalue weighted by molar-refractivity contribution is -0.137. The Bertz CT molecular complexity index is 1090. The standard InChI is InChI=1S/C21H12BrF3N2O/c22-14-8-10-16(11-9-14)27-18-7-2-1-6-17(18)19(20(27)28)26-15-5-3-4-13(12-15)21(23,24)25/h1-12H/b26-19-. The van der Waals surface area contributed by atoms with Gasteiger partial charge >= 0.3 is 6.18 Å². The molecule has 0 aliphatic carbocycles. The molecule has 28 heavy (non-hydrogen) atoms. The van der Waals surface area contributed by atoms with Crippen molar-refractivity contribution in [2.24, 2.45) is 4.99 Å². The Morgan fingerprint density at radius 1 is 0.893 bits per heavy atom. The van der Waals surface area contributed by atoms with Crippen molar-refractivity contribution in [1.82, 2.24) is 0 Å². The minimum absolute atomic E-state index is 0.0747. The molecule has 1 amide bonds. The van der Waals surface area contributed by atoms with Gasteiger partial charge in [0, 0.05) is 15.7 Å². The van der Waals surface area contributed by atoms with Crippen molar-refractivity contribution >= 4 is 44.6 Å². The largest absolute Gasteiger partial charge is 0.416 e. The van der Waals surface area contributed by atoms with Crippen LogP contribution in [0.1, 0.15) is 11.1 Å². The highest BCUT2D eigenvalue weighted by atomic mass is 79.9. The maximum absolute atomic E-state index is 13.1. The second-order valence-corrected chi connectivity index (χ2v) is 7.06. The molecule has 1 aliphatic rings. The van der Waals surface area contributed by atoms with E-state index in [0.29, 0.717) is 16.9 Å².